The minimum absolute atomic E-state index is 0.0700. The van der Waals surface area contributed by atoms with Crippen LogP contribution in [0, 0.1) is 5.41 Å². The Kier molecular flexibility index (Phi) is 4.31. The van der Waals surface area contributed by atoms with E-state index in [9.17, 15) is 8.42 Å². The monoisotopic (exact) mass is 262 g/mol. The smallest absolute Gasteiger partial charge is 0.271 e. The number of nitrogens with two attached hydrogens (primary N) is 1. The van der Waals surface area contributed by atoms with Gasteiger partial charge in [0, 0.05) is 18.6 Å². The van der Waals surface area contributed by atoms with Gasteiger partial charge in [0.25, 0.3) is 10.0 Å². The van der Waals surface area contributed by atoms with Crippen molar-refractivity contribution >= 4 is 10.0 Å². The van der Waals surface area contributed by atoms with Crippen molar-refractivity contribution in [2.24, 2.45) is 10.6 Å². The number of aliphatic hydroxyl groups is 1. The predicted octanol–water partition coefficient (Wildman–Crippen LogP) is 0.0351. The van der Waals surface area contributed by atoms with Gasteiger partial charge in [0.1, 0.15) is 5.76 Å². The zero-order chi connectivity index (χ0) is 13.1. The molecule has 7 heteroatoms. The van der Waals surface area contributed by atoms with Gasteiger partial charge in [0.2, 0.25) is 5.09 Å². The number of rotatable bonds is 6. The summed E-state index contributed by atoms with van der Waals surface area (Å²) in [5, 5.41) is 16.8. The Labute approximate surface area is 101 Å². The summed E-state index contributed by atoms with van der Waals surface area (Å²) in [5.41, 5.74) is -0.227. The van der Waals surface area contributed by atoms with Crippen LogP contribution in [-0.2, 0) is 16.6 Å². The van der Waals surface area contributed by atoms with Gasteiger partial charge in [-0.3, -0.25) is 0 Å². The van der Waals surface area contributed by atoms with Crippen LogP contribution < -0.4 is 10.5 Å². The zero-order valence-corrected chi connectivity index (χ0v) is 10.8. The van der Waals surface area contributed by atoms with E-state index in [4.69, 9.17) is 14.7 Å². The molecule has 4 N–H and O–H groups in total. The SMILES string of the molecule is CC(C)(CO)CNCc1ccc(S(N)(=O)=O)o1. The van der Waals surface area contributed by atoms with E-state index >= 15 is 0 Å². The Balaban J connectivity index is 2.52. The first-order valence-electron chi connectivity index (χ1n) is 5.18. The molecule has 0 unspecified atom stereocenters. The van der Waals surface area contributed by atoms with Gasteiger partial charge in [-0.05, 0) is 12.1 Å². The summed E-state index contributed by atoms with van der Waals surface area (Å²) < 4.78 is 27.0. The number of primary sulfonamides is 1. The Morgan fingerprint density at radius 2 is 2.12 bits per heavy atom. The lowest BCUT2D eigenvalue weighted by Gasteiger charge is -2.21. The lowest BCUT2D eigenvalue weighted by Crippen LogP contribution is -2.31. The van der Waals surface area contributed by atoms with Gasteiger partial charge < -0.3 is 14.8 Å². The van der Waals surface area contributed by atoms with Crippen molar-refractivity contribution in [2.75, 3.05) is 13.2 Å². The summed E-state index contributed by atoms with van der Waals surface area (Å²) in [7, 11) is -3.77. The molecular formula is C10H18N2O4S. The van der Waals surface area contributed by atoms with Gasteiger partial charge in [-0.1, -0.05) is 13.8 Å². The van der Waals surface area contributed by atoms with Crippen LogP contribution in [0.25, 0.3) is 0 Å². The molecule has 0 fully saturated rings. The molecule has 0 atom stereocenters. The van der Waals surface area contributed by atoms with E-state index in [1.807, 2.05) is 13.8 Å². The number of hydrogen-bond acceptors (Lipinski definition) is 5. The standard InChI is InChI=1S/C10H18N2O4S/c1-10(2,7-13)6-12-5-8-3-4-9(16-8)17(11,14)15/h3-4,12-13H,5-7H2,1-2H3,(H2,11,14,15). The van der Waals surface area contributed by atoms with Crippen LogP contribution in [0.4, 0.5) is 0 Å². The highest BCUT2D eigenvalue weighted by atomic mass is 32.2. The maximum atomic E-state index is 11.0. The molecule has 98 valence electrons. The third-order valence-corrected chi connectivity index (χ3v) is 3.03. The van der Waals surface area contributed by atoms with Gasteiger partial charge >= 0.3 is 0 Å². The summed E-state index contributed by atoms with van der Waals surface area (Å²) in [6.07, 6.45) is 0. The molecule has 1 aromatic heterocycles. The molecule has 0 aliphatic heterocycles. The van der Waals surface area contributed by atoms with Crippen molar-refractivity contribution < 1.29 is 17.9 Å². The van der Waals surface area contributed by atoms with E-state index in [0.717, 1.165) is 0 Å². The molecule has 1 heterocycles. The van der Waals surface area contributed by atoms with E-state index < -0.39 is 10.0 Å². The molecule has 0 saturated carbocycles. The normalized spacial score (nSPS) is 12.9. The molecule has 0 radical (unpaired) electrons. The van der Waals surface area contributed by atoms with Gasteiger partial charge in [-0.15, -0.1) is 0 Å². The third-order valence-electron chi connectivity index (χ3n) is 2.25. The van der Waals surface area contributed by atoms with E-state index in [2.05, 4.69) is 5.32 Å². The predicted molar refractivity (Wildman–Crippen MR) is 62.7 cm³/mol. The van der Waals surface area contributed by atoms with Crippen molar-refractivity contribution in [3.63, 3.8) is 0 Å². The second-order valence-corrected chi connectivity index (χ2v) is 6.18. The molecule has 6 nitrogen and oxygen atoms in total. The molecule has 17 heavy (non-hydrogen) atoms. The van der Waals surface area contributed by atoms with Crippen LogP contribution in [0.5, 0.6) is 0 Å². The maximum Gasteiger partial charge on any atom is 0.271 e. The summed E-state index contributed by atoms with van der Waals surface area (Å²) >= 11 is 0. The van der Waals surface area contributed by atoms with Crippen LogP contribution in [0.3, 0.4) is 0 Å². The highest BCUT2D eigenvalue weighted by Crippen LogP contribution is 2.14. The fraction of sp³-hybridized carbons (Fsp3) is 0.600. The van der Waals surface area contributed by atoms with Gasteiger partial charge in [-0.25, -0.2) is 13.6 Å². The first kappa shape index (κ1) is 14.2. The highest BCUT2D eigenvalue weighted by Gasteiger charge is 2.17. The Morgan fingerprint density at radius 3 is 2.59 bits per heavy atom. The van der Waals surface area contributed by atoms with E-state index in [1.165, 1.54) is 6.07 Å². The van der Waals surface area contributed by atoms with Gasteiger partial charge in [0.15, 0.2) is 0 Å². The number of furan rings is 1. The summed E-state index contributed by atoms with van der Waals surface area (Å²) in [6, 6.07) is 2.88. The van der Waals surface area contributed by atoms with Crippen LogP contribution in [-0.4, -0.2) is 26.7 Å². The largest absolute Gasteiger partial charge is 0.447 e. The highest BCUT2D eigenvalue weighted by molar-refractivity contribution is 7.89. The first-order valence-corrected chi connectivity index (χ1v) is 6.72. The second kappa shape index (κ2) is 5.18. The fourth-order valence-corrected chi connectivity index (χ4v) is 1.67. The average molecular weight is 262 g/mol. The minimum Gasteiger partial charge on any atom is -0.447 e. The Hall–Kier alpha value is -0.890. The summed E-state index contributed by atoms with van der Waals surface area (Å²) in [6.45, 7) is 4.88. The van der Waals surface area contributed by atoms with Crippen molar-refractivity contribution in [2.45, 2.75) is 25.5 Å². The van der Waals surface area contributed by atoms with E-state index in [-0.39, 0.29) is 17.1 Å². The molecule has 0 aliphatic rings. The maximum absolute atomic E-state index is 11.0. The molecule has 1 aromatic rings. The fourth-order valence-electron chi connectivity index (χ4n) is 1.19. The second-order valence-electron chi connectivity index (χ2n) is 4.69. The Bertz CT molecular complexity index is 464. The van der Waals surface area contributed by atoms with Crippen molar-refractivity contribution in [1.82, 2.24) is 5.32 Å². The summed E-state index contributed by atoms with van der Waals surface area (Å²) in [5.74, 6) is 0.489. The van der Waals surface area contributed by atoms with Gasteiger partial charge in [-0.2, -0.15) is 0 Å². The average Bonchev–Trinajstić information content (AvgIpc) is 2.66. The third kappa shape index (κ3) is 4.47. The number of aliphatic hydroxyl groups excluding tert-OH is 1. The topological polar surface area (TPSA) is 106 Å². The lowest BCUT2D eigenvalue weighted by atomic mass is 9.95. The van der Waals surface area contributed by atoms with Crippen LogP contribution in [0.15, 0.2) is 21.6 Å². The molecule has 1 rings (SSSR count). The van der Waals surface area contributed by atoms with Gasteiger partial charge in [0.05, 0.1) is 6.54 Å². The molecule has 0 saturated heterocycles. The van der Waals surface area contributed by atoms with Crippen LogP contribution in [0.2, 0.25) is 0 Å². The quantitative estimate of drug-likeness (QED) is 0.671. The van der Waals surface area contributed by atoms with E-state index in [1.54, 1.807) is 6.07 Å². The first-order chi connectivity index (χ1) is 7.74. The van der Waals surface area contributed by atoms with Crippen molar-refractivity contribution in [1.29, 1.82) is 0 Å². The number of hydrogen-bond donors (Lipinski definition) is 3. The number of nitrogens with one attached hydrogen (secondary N) is 1. The van der Waals surface area contributed by atoms with E-state index in [0.29, 0.717) is 18.8 Å². The minimum atomic E-state index is -3.77. The van der Waals surface area contributed by atoms with Crippen LogP contribution >= 0.6 is 0 Å². The molecule has 0 aliphatic carbocycles. The molecule has 0 amide bonds. The van der Waals surface area contributed by atoms with Crippen molar-refractivity contribution in [3.05, 3.63) is 17.9 Å². The molecule has 0 aromatic carbocycles. The van der Waals surface area contributed by atoms with Crippen LogP contribution in [0.1, 0.15) is 19.6 Å². The lowest BCUT2D eigenvalue weighted by molar-refractivity contribution is 0.155. The summed E-state index contributed by atoms with van der Waals surface area (Å²) in [4.78, 5) is 0. The Morgan fingerprint density at radius 1 is 1.47 bits per heavy atom. The number of sulfonamides is 1. The molecular weight excluding hydrogens is 244 g/mol. The zero-order valence-electron chi connectivity index (χ0n) is 9.93. The van der Waals surface area contributed by atoms with Crippen molar-refractivity contribution in [3.8, 4) is 0 Å². The molecule has 0 spiro atoms. The molecule has 0 bridgehead atoms.